The molecule has 162 valence electrons. The fraction of sp³-hybridized carbons (Fsp3) is 0.316. The van der Waals surface area contributed by atoms with Gasteiger partial charge in [-0.05, 0) is 43.3 Å². The second kappa shape index (κ2) is 7.88. The van der Waals surface area contributed by atoms with E-state index in [1.54, 1.807) is 6.92 Å². The molecule has 3 rings (SSSR count). The molecule has 0 radical (unpaired) electrons. The molecule has 2 aromatic carbocycles. The predicted molar refractivity (Wildman–Crippen MR) is 102 cm³/mol. The number of benzene rings is 2. The third-order valence-corrected chi connectivity index (χ3v) is 6.91. The third-order valence-electron chi connectivity index (χ3n) is 4.90. The Balaban J connectivity index is 1.88. The molecule has 1 aliphatic rings. The Morgan fingerprint density at radius 1 is 1.13 bits per heavy atom. The zero-order chi connectivity index (χ0) is 22.3. The van der Waals surface area contributed by atoms with Gasteiger partial charge in [0, 0.05) is 36.9 Å². The van der Waals surface area contributed by atoms with E-state index in [0.717, 1.165) is 12.1 Å². The number of sulfonamides is 1. The zero-order valence-electron chi connectivity index (χ0n) is 15.9. The van der Waals surface area contributed by atoms with Crippen LogP contribution in [-0.2, 0) is 16.2 Å². The monoisotopic (exact) mass is 445 g/mol. The molecule has 2 N–H and O–H groups in total. The Morgan fingerprint density at radius 3 is 2.43 bits per heavy atom. The van der Waals surface area contributed by atoms with E-state index >= 15 is 0 Å². The van der Waals surface area contributed by atoms with Crippen molar-refractivity contribution in [1.82, 2.24) is 4.31 Å². The number of carbonyl (C=O) groups excluding carboxylic acids is 1. The number of amides is 1. The number of nitrogens with zero attached hydrogens (tertiary/aromatic N) is 2. The van der Waals surface area contributed by atoms with Crippen molar-refractivity contribution in [3.63, 3.8) is 0 Å². The highest BCUT2D eigenvalue weighted by molar-refractivity contribution is 7.89. The SMILES string of the molecule is C[C@@H]1CN(c2ccc(F)cc2C(F)(F)F)CCN1S(=O)(=O)c1cccc(C(N)=O)c1. The van der Waals surface area contributed by atoms with E-state index in [9.17, 15) is 30.8 Å². The fourth-order valence-electron chi connectivity index (χ4n) is 3.47. The van der Waals surface area contributed by atoms with Crippen LogP contribution in [0.2, 0.25) is 0 Å². The third kappa shape index (κ3) is 4.26. The molecule has 1 amide bonds. The van der Waals surface area contributed by atoms with Crippen LogP contribution in [-0.4, -0.2) is 44.3 Å². The lowest BCUT2D eigenvalue weighted by Crippen LogP contribution is -2.54. The van der Waals surface area contributed by atoms with Crippen LogP contribution >= 0.6 is 0 Å². The maximum absolute atomic E-state index is 13.4. The molecule has 1 saturated heterocycles. The number of hydrogen-bond donors (Lipinski definition) is 1. The minimum Gasteiger partial charge on any atom is -0.368 e. The Morgan fingerprint density at radius 2 is 1.83 bits per heavy atom. The highest BCUT2D eigenvalue weighted by atomic mass is 32.2. The summed E-state index contributed by atoms with van der Waals surface area (Å²) in [5.74, 6) is -1.78. The maximum Gasteiger partial charge on any atom is 0.418 e. The maximum atomic E-state index is 13.4. The lowest BCUT2D eigenvalue weighted by atomic mass is 10.1. The molecule has 0 spiro atoms. The number of alkyl halides is 3. The van der Waals surface area contributed by atoms with Crippen LogP contribution in [0.3, 0.4) is 0 Å². The van der Waals surface area contributed by atoms with Gasteiger partial charge in [0.05, 0.1) is 10.5 Å². The van der Waals surface area contributed by atoms with E-state index in [0.29, 0.717) is 6.07 Å². The summed E-state index contributed by atoms with van der Waals surface area (Å²) in [6, 6.07) is 7.00. The summed E-state index contributed by atoms with van der Waals surface area (Å²) in [5.41, 5.74) is 3.92. The molecule has 1 heterocycles. The van der Waals surface area contributed by atoms with Crippen LogP contribution in [0.5, 0.6) is 0 Å². The first-order chi connectivity index (χ1) is 13.9. The van der Waals surface area contributed by atoms with Crippen molar-refractivity contribution in [3.8, 4) is 0 Å². The second-order valence-electron chi connectivity index (χ2n) is 6.96. The molecular formula is C19H19F4N3O3S. The molecule has 1 fully saturated rings. The van der Waals surface area contributed by atoms with E-state index in [2.05, 4.69) is 0 Å². The molecule has 0 aliphatic carbocycles. The summed E-state index contributed by atoms with van der Waals surface area (Å²) < 4.78 is 80.6. The van der Waals surface area contributed by atoms with Gasteiger partial charge in [-0.3, -0.25) is 4.79 Å². The fourth-order valence-corrected chi connectivity index (χ4v) is 5.13. The van der Waals surface area contributed by atoms with Crippen LogP contribution in [0.15, 0.2) is 47.4 Å². The lowest BCUT2D eigenvalue weighted by molar-refractivity contribution is -0.137. The van der Waals surface area contributed by atoms with Gasteiger partial charge in [0.1, 0.15) is 5.82 Å². The number of piperazine rings is 1. The first-order valence-corrected chi connectivity index (χ1v) is 10.4. The normalized spacial score (nSPS) is 18.4. The standard InChI is InChI=1S/C19H19F4N3O3S/c1-12-11-25(17-6-5-14(20)10-16(17)19(21,22)23)7-8-26(12)30(28,29)15-4-2-3-13(9-15)18(24)27/h2-6,9-10,12H,7-8,11H2,1H3,(H2,24,27)/t12-/m1/s1. The van der Waals surface area contributed by atoms with Crippen LogP contribution in [0.1, 0.15) is 22.8 Å². The van der Waals surface area contributed by atoms with Crippen molar-refractivity contribution in [3.05, 3.63) is 59.4 Å². The molecule has 0 saturated carbocycles. The van der Waals surface area contributed by atoms with Crippen molar-refractivity contribution in [2.24, 2.45) is 5.73 Å². The van der Waals surface area contributed by atoms with Crippen molar-refractivity contribution < 1.29 is 30.8 Å². The van der Waals surface area contributed by atoms with E-state index in [4.69, 9.17) is 5.73 Å². The van der Waals surface area contributed by atoms with E-state index in [1.807, 2.05) is 0 Å². The van der Waals surface area contributed by atoms with Crippen LogP contribution in [0.25, 0.3) is 0 Å². The van der Waals surface area contributed by atoms with Gasteiger partial charge in [-0.2, -0.15) is 17.5 Å². The minimum absolute atomic E-state index is 0.0200. The molecule has 0 bridgehead atoms. The van der Waals surface area contributed by atoms with Gasteiger partial charge in [-0.1, -0.05) is 6.07 Å². The van der Waals surface area contributed by atoms with Crippen molar-refractivity contribution in [2.75, 3.05) is 24.5 Å². The van der Waals surface area contributed by atoms with Gasteiger partial charge >= 0.3 is 6.18 Å². The molecule has 30 heavy (non-hydrogen) atoms. The first-order valence-electron chi connectivity index (χ1n) is 8.94. The lowest BCUT2D eigenvalue weighted by Gasteiger charge is -2.40. The van der Waals surface area contributed by atoms with Crippen molar-refractivity contribution >= 4 is 21.6 Å². The Kier molecular flexibility index (Phi) is 5.79. The van der Waals surface area contributed by atoms with Gasteiger partial charge in [0.15, 0.2) is 0 Å². The summed E-state index contributed by atoms with van der Waals surface area (Å²) >= 11 is 0. The average molecular weight is 445 g/mol. The quantitative estimate of drug-likeness (QED) is 0.734. The molecule has 0 unspecified atom stereocenters. The van der Waals surface area contributed by atoms with Gasteiger partial charge < -0.3 is 10.6 Å². The summed E-state index contributed by atoms with van der Waals surface area (Å²) in [6.45, 7) is 1.44. The van der Waals surface area contributed by atoms with Crippen molar-refractivity contribution in [2.45, 2.75) is 24.0 Å². The van der Waals surface area contributed by atoms with Gasteiger partial charge in [-0.15, -0.1) is 0 Å². The number of primary amides is 1. The number of nitrogens with two attached hydrogens (primary N) is 1. The summed E-state index contributed by atoms with van der Waals surface area (Å²) in [5, 5.41) is 0. The van der Waals surface area contributed by atoms with E-state index < -0.39 is 39.5 Å². The molecule has 1 atom stereocenters. The van der Waals surface area contributed by atoms with E-state index in [-0.39, 0.29) is 35.8 Å². The second-order valence-corrected chi connectivity index (χ2v) is 8.85. The Bertz CT molecular complexity index is 1070. The minimum atomic E-state index is -4.75. The predicted octanol–water partition coefficient (Wildman–Crippen LogP) is 2.84. The van der Waals surface area contributed by atoms with Gasteiger partial charge in [0.25, 0.3) is 0 Å². The number of hydrogen-bond acceptors (Lipinski definition) is 4. The van der Waals surface area contributed by atoms with Gasteiger partial charge in [-0.25, -0.2) is 12.8 Å². The Hall–Kier alpha value is -2.66. The van der Waals surface area contributed by atoms with Crippen molar-refractivity contribution in [1.29, 1.82) is 0 Å². The molecule has 2 aromatic rings. The largest absolute Gasteiger partial charge is 0.418 e. The molecule has 11 heteroatoms. The smallest absolute Gasteiger partial charge is 0.368 e. The van der Waals surface area contributed by atoms with Crippen LogP contribution in [0.4, 0.5) is 23.2 Å². The molecule has 0 aromatic heterocycles. The first kappa shape index (κ1) is 22.0. The summed E-state index contributed by atoms with van der Waals surface area (Å²) in [7, 11) is -4.00. The molecular weight excluding hydrogens is 426 g/mol. The molecule has 1 aliphatic heterocycles. The topological polar surface area (TPSA) is 83.7 Å². The van der Waals surface area contributed by atoms with Crippen LogP contribution in [0, 0.1) is 5.82 Å². The number of carbonyl (C=O) groups is 1. The highest BCUT2D eigenvalue weighted by Gasteiger charge is 2.39. The summed E-state index contributed by atoms with van der Waals surface area (Å²) in [6.07, 6.45) is -4.75. The van der Waals surface area contributed by atoms with Crippen LogP contribution < -0.4 is 10.6 Å². The van der Waals surface area contributed by atoms with E-state index in [1.165, 1.54) is 33.5 Å². The molecule has 6 nitrogen and oxygen atoms in total. The Labute approximate surface area is 170 Å². The number of anilines is 1. The zero-order valence-corrected chi connectivity index (χ0v) is 16.7. The average Bonchev–Trinajstić information content (AvgIpc) is 2.67. The summed E-state index contributed by atoms with van der Waals surface area (Å²) in [4.78, 5) is 12.6. The van der Waals surface area contributed by atoms with Gasteiger partial charge in [0.2, 0.25) is 15.9 Å². The highest BCUT2D eigenvalue weighted by Crippen LogP contribution is 2.38. The number of halogens is 4. The number of rotatable bonds is 4.